The van der Waals surface area contributed by atoms with Gasteiger partial charge in [-0.15, -0.1) is 5.10 Å². The van der Waals surface area contributed by atoms with Crippen LogP contribution in [0.3, 0.4) is 0 Å². The van der Waals surface area contributed by atoms with Crippen LogP contribution in [0, 0.1) is 12.8 Å². The molecule has 57 heavy (non-hydrogen) atoms. The number of aromatic nitrogens is 6. The number of nitrogen functional groups attached to an aromatic ring is 1. The van der Waals surface area contributed by atoms with Crippen LogP contribution in [-0.2, 0) is 43.5 Å². The third kappa shape index (κ3) is 12.9. The van der Waals surface area contributed by atoms with E-state index in [2.05, 4.69) is 78.6 Å². The number of hydrogen-bond acceptors (Lipinski definition) is 12. The van der Waals surface area contributed by atoms with Crippen LogP contribution in [0.5, 0.6) is 0 Å². The van der Waals surface area contributed by atoms with Crippen molar-refractivity contribution < 1.29 is 29.0 Å². The molecule has 2 atom stereocenters. The van der Waals surface area contributed by atoms with Crippen LogP contribution in [-0.4, -0.2) is 121 Å². The quantitative estimate of drug-likeness (QED) is 0.0794. The summed E-state index contributed by atoms with van der Waals surface area (Å²) in [7, 11) is 0. The van der Waals surface area contributed by atoms with Crippen LogP contribution in [0.15, 0.2) is 36.7 Å². The van der Waals surface area contributed by atoms with Crippen molar-refractivity contribution in [2.75, 3.05) is 70.2 Å². The van der Waals surface area contributed by atoms with Gasteiger partial charge in [-0.2, -0.15) is 4.98 Å². The number of aliphatic carboxylic acids is 1. The Labute approximate surface area is 334 Å². The highest BCUT2D eigenvalue weighted by atomic mass is 16.5. The first kappa shape index (κ1) is 43.0. The van der Waals surface area contributed by atoms with Gasteiger partial charge in [0.25, 0.3) is 0 Å². The number of hydrogen-bond donors (Lipinski definition) is 4. The number of ether oxygens (including phenoxy) is 2. The average Bonchev–Trinajstić information content (AvgIpc) is 3.83. The summed E-state index contributed by atoms with van der Waals surface area (Å²) in [4.78, 5) is 49.2. The highest BCUT2D eigenvalue weighted by Gasteiger charge is 2.22. The third-order valence-electron chi connectivity index (χ3n) is 10.2. The maximum absolute atomic E-state index is 12.9. The molecule has 1 saturated heterocycles. The second kappa shape index (κ2) is 21.4. The van der Waals surface area contributed by atoms with E-state index >= 15 is 0 Å². The molecule has 4 heterocycles. The van der Waals surface area contributed by atoms with Gasteiger partial charge < -0.3 is 40.4 Å². The van der Waals surface area contributed by atoms with Crippen molar-refractivity contribution in [1.82, 2.24) is 44.6 Å². The summed E-state index contributed by atoms with van der Waals surface area (Å²) in [6.45, 7) is 15.0. The molecule has 3 aromatic heterocycles. The fraction of sp³-hybridized carbons (Fsp3) is 0.575. The summed E-state index contributed by atoms with van der Waals surface area (Å²) in [6.07, 6.45) is 7.40. The van der Waals surface area contributed by atoms with Crippen molar-refractivity contribution in [2.24, 2.45) is 5.92 Å². The zero-order chi connectivity index (χ0) is 40.7. The Kier molecular flexibility index (Phi) is 16.2. The lowest BCUT2D eigenvalue weighted by atomic mass is 10.0. The number of carboxylic acid groups (broad SMARTS) is 1. The van der Waals surface area contributed by atoms with Crippen molar-refractivity contribution in [3.63, 3.8) is 0 Å². The molecule has 1 aliphatic rings. The van der Waals surface area contributed by atoms with Gasteiger partial charge in [-0.3, -0.25) is 19.3 Å². The SMILES string of the molecule is CCCCCNc1nc(N)nc2ccn(Cc3ccc(CN4CCN(C(=O)CCOCCOCCn5cc(C(C)NC(=O)CC(C)C(=O)O)nn5)CC4)cc3C)c12. The number of carbonyl (C=O) groups is 3. The number of anilines is 2. The summed E-state index contributed by atoms with van der Waals surface area (Å²) in [5.41, 5.74) is 12.1. The third-order valence-corrected chi connectivity index (χ3v) is 10.2. The monoisotopic (exact) mass is 789 g/mol. The molecule has 0 spiro atoms. The van der Waals surface area contributed by atoms with Gasteiger partial charge in [0.15, 0.2) is 5.82 Å². The number of benzene rings is 1. The number of aryl methyl sites for hydroxylation is 1. The van der Waals surface area contributed by atoms with E-state index in [0.717, 1.165) is 62.3 Å². The number of nitrogens with zero attached hydrogens (tertiary/aromatic N) is 8. The van der Waals surface area contributed by atoms with Crippen LogP contribution in [0.4, 0.5) is 11.8 Å². The number of amides is 2. The van der Waals surface area contributed by atoms with Crippen LogP contribution in [0.2, 0.25) is 0 Å². The summed E-state index contributed by atoms with van der Waals surface area (Å²) in [6, 6.07) is 8.27. The average molecular weight is 790 g/mol. The van der Waals surface area contributed by atoms with Gasteiger partial charge in [-0.1, -0.05) is 50.1 Å². The molecule has 17 heteroatoms. The van der Waals surface area contributed by atoms with Crippen molar-refractivity contribution >= 4 is 40.6 Å². The van der Waals surface area contributed by atoms with Crippen molar-refractivity contribution in [2.45, 2.75) is 85.5 Å². The molecule has 0 aliphatic carbocycles. The van der Waals surface area contributed by atoms with E-state index in [-0.39, 0.29) is 24.2 Å². The number of nitrogens with two attached hydrogens (primary N) is 1. The minimum absolute atomic E-state index is 0.101. The minimum Gasteiger partial charge on any atom is -0.481 e. The maximum Gasteiger partial charge on any atom is 0.306 e. The lowest BCUT2D eigenvalue weighted by Gasteiger charge is -2.35. The number of unbranched alkanes of at least 4 members (excludes halogenated alkanes) is 2. The molecule has 0 radical (unpaired) electrons. The number of carboxylic acids is 1. The van der Waals surface area contributed by atoms with Gasteiger partial charge in [0.05, 0.1) is 63.1 Å². The zero-order valence-corrected chi connectivity index (χ0v) is 33.8. The van der Waals surface area contributed by atoms with Crippen LogP contribution >= 0.6 is 0 Å². The van der Waals surface area contributed by atoms with Crippen LogP contribution in [0.25, 0.3) is 11.0 Å². The molecule has 1 fully saturated rings. The summed E-state index contributed by atoms with van der Waals surface area (Å²) in [5, 5.41) is 23.4. The van der Waals surface area contributed by atoms with E-state index in [9.17, 15) is 14.4 Å². The molecular weight excluding hydrogens is 731 g/mol. The second-order valence-corrected chi connectivity index (χ2v) is 14.8. The molecule has 1 aromatic carbocycles. The zero-order valence-electron chi connectivity index (χ0n) is 33.8. The first-order valence-corrected chi connectivity index (χ1v) is 20.0. The first-order chi connectivity index (χ1) is 27.5. The Balaban J connectivity index is 0.949. The molecule has 5 N–H and O–H groups in total. The molecule has 4 aromatic rings. The van der Waals surface area contributed by atoms with E-state index < -0.39 is 17.9 Å². The van der Waals surface area contributed by atoms with Gasteiger partial charge in [0.1, 0.15) is 11.2 Å². The molecule has 2 amide bonds. The van der Waals surface area contributed by atoms with Crippen molar-refractivity contribution in [3.05, 3.63) is 59.0 Å². The van der Waals surface area contributed by atoms with Crippen molar-refractivity contribution in [3.8, 4) is 0 Å². The van der Waals surface area contributed by atoms with Crippen molar-refractivity contribution in [1.29, 1.82) is 0 Å². The minimum atomic E-state index is -1.01. The molecule has 0 bridgehead atoms. The normalized spacial score (nSPS) is 14.5. The first-order valence-electron chi connectivity index (χ1n) is 20.0. The predicted octanol–water partition coefficient (Wildman–Crippen LogP) is 3.62. The smallest absolute Gasteiger partial charge is 0.306 e. The van der Waals surface area contributed by atoms with E-state index in [1.807, 2.05) is 11.0 Å². The maximum atomic E-state index is 12.9. The lowest BCUT2D eigenvalue weighted by molar-refractivity contribution is -0.143. The van der Waals surface area contributed by atoms with Gasteiger partial charge in [0, 0.05) is 58.4 Å². The van der Waals surface area contributed by atoms with E-state index in [1.54, 1.807) is 17.8 Å². The van der Waals surface area contributed by atoms with E-state index in [1.165, 1.54) is 23.6 Å². The second-order valence-electron chi connectivity index (χ2n) is 14.8. The number of fused-ring (bicyclic) bond motifs is 1. The highest BCUT2D eigenvalue weighted by molar-refractivity contribution is 5.87. The number of carbonyl (C=O) groups excluding carboxylic acids is 2. The van der Waals surface area contributed by atoms with Crippen LogP contribution in [0.1, 0.15) is 81.3 Å². The standard InChI is InChI=1S/C40H59N11O6/c1-5-6-7-12-42-38-37-33(44-40(41)45-38)10-13-50(37)26-32-9-8-31(23-28(32)2)25-48-14-16-49(17-15-48)36(53)11-19-56-21-22-57-20-18-51-27-34(46-47-51)30(4)43-35(52)24-29(3)39(54)55/h8-10,13,23,27,29-30H,5-7,11-12,14-22,24-26H2,1-4H3,(H,43,52)(H,54,55)(H3,41,42,44,45). The summed E-state index contributed by atoms with van der Waals surface area (Å²) < 4.78 is 15.1. The largest absolute Gasteiger partial charge is 0.481 e. The van der Waals surface area contributed by atoms with Gasteiger partial charge in [-0.25, -0.2) is 9.67 Å². The fourth-order valence-corrected chi connectivity index (χ4v) is 6.75. The molecular formula is C40H59N11O6. The van der Waals surface area contributed by atoms with E-state index in [0.29, 0.717) is 64.7 Å². The lowest BCUT2D eigenvalue weighted by Crippen LogP contribution is -2.48. The highest BCUT2D eigenvalue weighted by Crippen LogP contribution is 2.25. The summed E-state index contributed by atoms with van der Waals surface area (Å²) >= 11 is 0. The molecule has 5 rings (SSSR count). The molecule has 0 saturated carbocycles. The Hall–Kier alpha value is -5.13. The molecule has 1 aliphatic heterocycles. The molecule has 310 valence electrons. The molecule has 2 unspecified atom stereocenters. The number of piperazine rings is 1. The Bertz CT molecular complexity index is 1920. The van der Waals surface area contributed by atoms with Gasteiger partial charge in [-0.05, 0) is 43.0 Å². The van der Waals surface area contributed by atoms with Gasteiger partial charge >= 0.3 is 5.97 Å². The van der Waals surface area contributed by atoms with E-state index in [4.69, 9.17) is 20.3 Å². The van der Waals surface area contributed by atoms with Crippen LogP contribution < -0.4 is 16.4 Å². The topological polar surface area (TPSA) is 208 Å². The Morgan fingerprint density at radius 3 is 2.49 bits per heavy atom. The number of nitrogens with one attached hydrogen (secondary N) is 2. The number of rotatable bonds is 23. The Morgan fingerprint density at radius 1 is 0.982 bits per heavy atom. The van der Waals surface area contributed by atoms with Gasteiger partial charge in [0.2, 0.25) is 17.8 Å². The fourth-order valence-electron chi connectivity index (χ4n) is 6.75. The Morgan fingerprint density at radius 2 is 1.75 bits per heavy atom. The predicted molar refractivity (Wildman–Crippen MR) is 216 cm³/mol. The summed E-state index contributed by atoms with van der Waals surface area (Å²) in [5.74, 6) is -0.975. The molecule has 17 nitrogen and oxygen atoms in total.